The van der Waals surface area contributed by atoms with Crippen LogP contribution in [0.1, 0.15) is 24.8 Å². The van der Waals surface area contributed by atoms with Crippen molar-refractivity contribution in [3.63, 3.8) is 0 Å². The molecule has 1 heterocycles. The van der Waals surface area contributed by atoms with Gasteiger partial charge in [0.2, 0.25) is 5.91 Å². The molecule has 1 aliphatic rings. The fourth-order valence-corrected chi connectivity index (χ4v) is 2.25. The maximum Gasteiger partial charge on any atom is 0.222 e. The Bertz CT molecular complexity index is 425. The summed E-state index contributed by atoms with van der Waals surface area (Å²) in [6.07, 6.45) is 7.67. The van der Waals surface area contributed by atoms with E-state index in [-0.39, 0.29) is 5.91 Å². The molecule has 0 fully saturated rings. The van der Waals surface area contributed by atoms with Crippen LogP contribution in [0.15, 0.2) is 36.4 Å². The van der Waals surface area contributed by atoms with Crippen LogP contribution in [0.25, 0.3) is 0 Å². The van der Waals surface area contributed by atoms with E-state index in [4.69, 9.17) is 11.6 Å². The van der Waals surface area contributed by atoms with Crippen molar-refractivity contribution in [3.05, 3.63) is 47.0 Å². The molecule has 0 unspecified atom stereocenters. The smallest absolute Gasteiger partial charge is 0.222 e. The summed E-state index contributed by atoms with van der Waals surface area (Å²) >= 11 is 5.83. The largest absolute Gasteiger partial charge is 0.339 e. The fourth-order valence-electron chi connectivity index (χ4n) is 2.12. The van der Waals surface area contributed by atoms with Gasteiger partial charge in [0, 0.05) is 24.5 Å². The summed E-state index contributed by atoms with van der Waals surface area (Å²) in [5.41, 5.74) is 1.24. The van der Waals surface area contributed by atoms with Gasteiger partial charge in [0.25, 0.3) is 0 Å². The molecule has 0 spiro atoms. The summed E-state index contributed by atoms with van der Waals surface area (Å²) < 4.78 is 0. The van der Waals surface area contributed by atoms with Crippen LogP contribution in [0.5, 0.6) is 0 Å². The molecule has 0 saturated carbocycles. The predicted octanol–water partition coefficient (Wildman–Crippen LogP) is 3.45. The van der Waals surface area contributed by atoms with Crippen LogP contribution in [0.4, 0.5) is 0 Å². The Balaban J connectivity index is 1.73. The highest BCUT2D eigenvalue weighted by Crippen LogP contribution is 2.12. The molecule has 0 N–H and O–H groups in total. The highest BCUT2D eigenvalue weighted by Gasteiger charge is 2.12. The second kappa shape index (κ2) is 6.60. The molecule has 1 aromatic carbocycles. The van der Waals surface area contributed by atoms with Gasteiger partial charge in [-0.3, -0.25) is 4.79 Å². The minimum atomic E-state index is 0.272. The SMILES string of the molecule is O=C(CCCc1ccc(Cl)cc1)N1CC=CCC1. The van der Waals surface area contributed by atoms with E-state index >= 15 is 0 Å². The van der Waals surface area contributed by atoms with Crippen molar-refractivity contribution < 1.29 is 4.79 Å². The minimum absolute atomic E-state index is 0.272. The maximum absolute atomic E-state index is 11.9. The van der Waals surface area contributed by atoms with Crippen LogP contribution in [-0.4, -0.2) is 23.9 Å². The zero-order valence-electron chi connectivity index (χ0n) is 10.4. The second-order valence-electron chi connectivity index (χ2n) is 4.58. The van der Waals surface area contributed by atoms with E-state index < -0.39 is 0 Å². The van der Waals surface area contributed by atoms with E-state index in [0.717, 1.165) is 37.4 Å². The van der Waals surface area contributed by atoms with Crippen LogP contribution >= 0.6 is 11.6 Å². The van der Waals surface area contributed by atoms with Gasteiger partial charge < -0.3 is 4.90 Å². The summed E-state index contributed by atoms with van der Waals surface area (Å²) in [7, 11) is 0. The second-order valence-corrected chi connectivity index (χ2v) is 5.02. The zero-order valence-corrected chi connectivity index (χ0v) is 11.2. The summed E-state index contributed by atoms with van der Waals surface area (Å²) in [5.74, 6) is 0.272. The summed E-state index contributed by atoms with van der Waals surface area (Å²) in [6, 6.07) is 7.84. The van der Waals surface area contributed by atoms with Crippen molar-refractivity contribution in [2.75, 3.05) is 13.1 Å². The molecule has 3 heteroatoms. The topological polar surface area (TPSA) is 20.3 Å². The van der Waals surface area contributed by atoms with Gasteiger partial charge in [-0.2, -0.15) is 0 Å². The molecule has 0 aliphatic carbocycles. The first kappa shape index (κ1) is 13.2. The Kier molecular flexibility index (Phi) is 4.82. The van der Waals surface area contributed by atoms with Crippen LogP contribution in [0.3, 0.4) is 0 Å². The highest BCUT2D eigenvalue weighted by atomic mass is 35.5. The van der Waals surface area contributed by atoms with Gasteiger partial charge >= 0.3 is 0 Å². The average molecular weight is 264 g/mol. The van der Waals surface area contributed by atoms with E-state index in [1.807, 2.05) is 29.2 Å². The van der Waals surface area contributed by atoms with Gasteiger partial charge in [-0.1, -0.05) is 35.9 Å². The van der Waals surface area contributed by atoms with Crippen molar-refractivity contribution in [1.29, 1.82) is 0 Å². The van der Waals surface area contributed by atoms with Crippen LogP contribution in [0, 0.1) is 0 Å². The van der Waals surface area contributed by atoms with Gasteiger partial charge in [-0.25, -0.2) is 0 Å². The number of aryl methyl sites for hydroxylation is 1. The van der Waals surface area contributed by atoms with E-state index in [1.54, 1.807) is 0 Å². The highest BCUT2D eigenvalue weighted by molar-refractivity contribution is 6.30. The molecular weight excluding hydrogens is 246 g/mol. The normalized spacial score (nSPS) is 14.8. The number of hydrogen-bond acceptors (Lipinski definition) is 1. The van der Waals surface area contributed by atoms with E-state index in [9.17, 15) is 4.79 Å². The third-order valence-electron chi connectivity index (χ3n) is 3.18. The molecule has 1 aromatic rings. The number of halogens is 1. The molecule has 1 aliphatic heterocycles. The number of hydrogen-bond donors (Lipinski definition) is 0. The molecule has 18 heavy (non-hydrogen) atoms. The van der Waals surface area contributed by atoms with Gasteiger partial charge in [-0.05, 0) is 37.0 Å². The summed E-state index contributed by atoms with van der Waals surface area (Å²) in [6.45, 7) is 1.65. The number of carbonyl (C=O) groups is 1. The third kappa shape index (κ3) is 3.88. The van der Waals surface area contributed by atoms with Crippen LogP contribution in [0.2, 0.25) is 5.02 Å². The Morgan fingerprint density at radius 1 is 1.22 bits per heavy atom. The molecule has 0 saturated heterocycles. The molecule has 0 aromatic heterocycles. The summed E-state index contributed by atoms with van der Waals surface area (Å²) in [4.78, 5) is 13.8. The van der Waals surface area contributed by atoms with Crippen LogP contribution < -0.4 is 0 Å². The number of carbonyl (C=O) groups excluding carboxylic acids is 1. The monoisotopic (exact) mass is 263 g/mol. The Morgan fingerprint density at radius 2 is 2.00 bits per heavy atom. The van der Waals surface area contributed by atoms with Gasteiger partial charge in [0.05, 0.1) is 0 Å². The number of benzene rings is 1. The molecule has 0 atom stereocenters. The van der Waals surface area contributed by atoms with Gasteiger partial charge in [0.1, 0.15) is 0 Å². The number of nitrogens with zero attached hydrogens (tertiary/aromatic N) is 1. The zero-order chi connectivity index (χ0) is 12.8. The number of rotatable bonds is 4. The Hall–Kier alpha value is -1.28. The molecular formula is C15H18ClNO. The van der Waals surface area contributed by atoms with Gasteiger partial charge in [-0.15, -0.1) is 0 Å². The average Bonchev–Trinajstić information content (AvgIpc) is 2.42. The quantitative estimate of drug-likeness (QED) is 0.762. The molecule has 1 amide bonds. The molecule has 2 rings (SSSR count). The lowest BCUT2D eigenvalue weighted by atomic mass is 10.1. The van der Waals surface area contributed by atoms with Crippen molar-refractivity contribution in [2.24, 2.45) is 0 Å². The first-order chi connectivity index (χ1) is 8.75. The minimum Gasteiger partial charge on any atom is -0.339 e. The Morgan fingerprint density at radius 3 is 2.67 bits per heavy atom. The lowest BCUT2D eigenvalue weighted by molar-refractivity contribution is -0.130. The van der Waals surface area contributed by atoms with Crippen molar-refractivity contribution in [1.82, 2.24) is 4.90 Å². The molecule has 0 radical (unpaired) electrons. The van der Waals surface area contributed by atoms with Crippen molar-refractivity contribution in [3.8, 4) is 0 Å². The molecule has 2 nitrogen and oxygen atoms in total. The van der Waals surface area contributed by atoms with Crippen LogP contribution in [-0.2, 0) is 11.2 Å². The fraction of sp³-hybridized carbons (Fsp3) is 0.400. The van der Waals surface area contributed by atoms with Crippen molar-refractivity contribution in [2.45, 2.75) is 25.7 Å². The van der Waals surface area contributed by atoms with Gasteiger partial charge in [0.15, 0.2) is 0 Å². The standard InChI is InChI=1S/C15H18ClNO/c16-14-9-7-13(8-10-14)5-4-6-15(18)17-11-2-1-3-12-17/h1-2,7-10H,3-6,11-12H2. The van der Waals surface area contributed by atoms with E-state index in [1.165, 1.54) is 5.56 Å². The van der Waals surface area contributed by atoms with E-state index in [2.05, 4.69) is 12.2 Å². The lowest BCUT2D eigenvalue weighted by Crippen LogP contribution is -2.33. The lowest BCUT2D eigenvalue weighted by Gasteiger charge is -2.23. The number of amides is 1. The first-order valence-electron chi connectivity index (χ1n) is 6.43. The first-order valence-corrected chi connectivity index (χ1v) is 6.81. The maximum atomic E-state index is 11.9. The molecule has 96 valence electrons. The molecule has 0 bridgehead atoms. The third-order valence-corrected chi connectivity index (χ3v) is 3.43. The Labute approximate surface area is 113 Å². The van der Waals surface area contributed by atoms with E-state index in [0.29, 0.717) is 6.42 Å². The summed E-state index contributed by atoms with van der Waals surface area (Å²) in [5, 5.41) is 0.759. The van der Waals surface area contributed by atoms with Crippen molar-refractivity contribution >= 4 is 17.5 Å². The predicted molar refractivity (Wildman–Crippen MR) is 74.7 cm³/mol.